The van der Waals surface area contributed by atoms with E-state index in [-0.39, 0.29) is 6.10 Å². The average molecular weight is 381 g/mol. The van der Waals surface area contributed by atoms with E-state index < -0.39 is 11.9 Å². The van der Waals surface area contributed by atoms with Gasteiger partial charge in [0.25, 0.3) is 0 Å². The number of carbonyl (C=O) groups is 2. The summed E-state index contributed by atoms with van der Waals surface area (Å²) in [4.78, 5) is 28.4. The third kappa shape index (κ3) is 7.58. The van der Waals surface area contributed by atoms with Gasteiger partial charge in [-0.25, -0.2) is 14.6 Å². The molecule has 1 aliphatic rings. The van der Waals surface area contributed by atoms with Crippen molar-refractivity contribution >= 4 is 29.1 Å². The molecular weight excluding hydrogens is 358 g/mol. The Hall–Kier alpha value is -2.52. The van der Waals surface area contributed by atoms with E-state index in [9.17, 15) is 9.59 Å². The van der Waals surface area contributed by atoms with E-state index in [1.54, 1.807) is 6.20 Å². The molecule has 2 N–H and O–H groups in total. The van der Waals surface area contributed by atoms with Crippen molar-refractivity contribution in [3.63, 3.8) is 0 Å². The SMILES string of the molecule is CN(C)CCC1CN(C)C(=S)c2cccnc2O1.O=C(O)/C=C/C(=O)O. The van der Waals surface area contributed by atoms with Crippen LogP contribution in [0.3, 0.4) is 0 Å². The minimum Gasteiger partial charge on any atom is -0.478 e. The maximum atomic E-state index is 9.55. The topological polar surface area (TPSA) is 103 Å². The number of nitrogens with zero attached hydrogens (tertiary/aromatic N) is 3. The van der Waals surface area contributed by atoms with E-state index in [2.05, 4.69) is 28.9 Å². The van der Waals surface area contributed by atoms with Crippen LogP contribution in [0.2, 0.25) is 0 Å². The van der Waals surface area contributed by atoms with Gasteiger partial charge in [0.15, 0.2) is 0 Å². The van der Waals surface area contributed by atoms with Crippen LogP contribution in [-0.4, -0.2) is 82.3 Å². The van der Waals surface area contributed by atoms with Crippen molar-refractivity contribution in [2.75, 3.05) is 34.2 Å². The summed E-state index contributed by atoms with van der Waals surface area (Å²) in [6.45, 7) is 1.80. The van der Waals surface area contributed by atoms with E-state index in [1.165, 1.54) is 0 Å². The van der Waals surface area contributed by atoms with Crippen LogP contribution in [0.15, 0.2) is 30.5 Å². The highest BCUT2D eigenvalue weighted by atomic mass is 32.1. The molecule has 142 valence electrons. The first kappa shape index (κ1) is 21.5. The van der Waals surface area contributed by atoms with E-state index >= 15 is 0 Å². The molecule has 26 heavy (non-hydrogen) atoms. The number of rotatable bonds is 5. The number of pyridine rings is 1. The Morgan fingerprint density at radius 2 is 2.00 bits per heavy atom. The molecule has 0 fully saturated rings. The Labute approximate surface area is 157 Å². The largest absolute Gasteiger partial charge is 0.478 e. The summed E-state index contributed by atoms with van der Waals surface area (Å²) in [6.07, 6.45) is 3.96. The first-order valence-electron chi connectivity index (χ1n) is 7.86. The van der Waals surface area contributed by atoms with Crippen LogP contribution in [0.5, 0.6) is 5.88 Å². The second-order valence-electron chi connectivity index (χ2n) is 5.88. The van der Waals surface area contributed by atoms with Gasteiger partial charge in [-0.3, -0.25) is 0 Å². The zero-order valence-electron chi connectivity index (χ0n) is 15.0. The highest BCUT2D eigenvalue weighted by Crippen LogP contribution is 2.23. The first-order valence-corrected chi connectivity index (χ1v) is 8.27. The lowest BCUT2D eigenvalue weighted by Gasteiger charge is -2.22. The van der Waals surface area contributed by atoms with Crippen molar-refractivity contribution in [1.82, 2.24) is 14.8 Å². The zero-order valence-corrected chi connectivity index (χ0v) is 15.8. The monoisotopic (exact) mass is 381 g/mol. The third-order valence-corrected chi connectivity index (χ3v) is 3.90. The van der Waals surface area contributed by atoms with Crippen LogP contribution < -0.4 is 4.74 Å². The van der Waals surface area contributed by atoms with Crippen molar-refractivity contribution in [2.24, 2.45) is 0 Å². The molecule has 8 nitrogen and oxygen atoms in total. The fraction of sp³-hybridized carbons (Fsp3) is 0.412. The van der Waals surface area contributed by atoms with Gasteiger partial charge in [0, 0.05) is 31.9 Å². The van der Waals surface area contributed by atoms with E-state index in [4.69, 9.17) is 27.2 Å². The van der Waals surface area contributed by atoms with Gasteiger partial charge in [-0.2, -0.15) is 0 Å². The van der Waals surface area contributed by atoms with Gasteiger partial charge in [0.2, 0.25) is 5.88 Å². The lowest BCUT2D eigenvalue weighted by molar-refractivity contribution is -0.134. The van der Waals surface area contributed by atoms with Gasteiger partial charge < -0.3 is 24.7 Å². The molecule has 0 aromatic carbocycles. The van der Waals surface area contributed by atoms with Gasteiger partial charge >= 0.3 is 11.9 Å². The van der Waals surface area contributed by atoms with Crippen LogP contribution in [0.4, 0.5) is 0 Å². The molecule has 0 spiro atoms. The van der Waals surface area contributed by atoms with Crippen molar-refractivity contribution in [1.29, 1.82) is 0 Å². The fourth-order valence-corrected chi connectivity index (χ4v) is 2.36. The molecule has 1 aromatic rings. The minimum atomic E-state index is -1.26. The van der Waals surface area contributed by atoms with E-state index in [0.717, 1.165) is 30.1 Å². The number of thiocarbonyl (C=S) groups is 1. The normalized spacial score (nSPS) is 16.4. The molecular formula is C17H23N3O5S. The molecule has 2 heterocycles. The Bertz CT molecular complexity index is 662. The molecule has 0 bridgehead atoms. The van der Waals surface area contributed by atoms with E-state index in [0.29, 0.717) is 18.0 Å². The van der Waals surface area contributed by atoms with Crippen LogP contribution in [0.25, 0.3) is 0 Å². The Kier molecular flexibility index (Phi) is 8.66. The zero-order chi connectivity index (χ0) is 19.7. The molecule has 9 heteroatoms. The molecule has 0 amide bonds. The number of ether oxygens (including phenoxy) is 1. The van der Waals surface area contributed by atoms with Gasteiger partial charge in [-0.05, 0) is 32.6 Å². The molecule has 2 rings (SSSR count). The molecule has 0 saturated heterocycles. The molecule has 1 aliphatic heterocycles. The summed E-state index contributed by atoms with van der Waals surface area (Å²) in [5.74, 6) is -1.85. The number of fused-ring (bicyclic) bond motifs is 1. The number of carboxylic acid groups (broad SMARTS) is 2. The van der Waals surface area contributed by atoms with Crippen LogP contribution >= 0.6 is 12.2 Å². The van der Waals surface area contributed by atoms with Crippen LogP contribution in [-0.2, 0) is 9.59 Å². The second-order valence-corrected chi connectivity index (χ2v) is 6.27. The highest BCUT2D eigenvalue weighted by Gasteiger charge is 2.24. The molecule has 0 radical (unpaired) electrons. The maximum Gasteiger partial charge on any atom is 0.328 e. The smallest absolute Gasteiger partial charge is 0.328 e. The molecule has 1 unspecified atom stereocenters. The first-order chi connectivity index (χ1) is 12.2. The van der Waals surface area contributed by atoms with Crippen molar-refractivity contribution in [2.45, 2.75) is 12.5 Å². The summed E-state index contributed by atoms with van der Waals surface area (Å²) in [6, 6.07) is 3.86. The van der Waals surface area contributed by atoms with Crippen LogP contribution in [0, 0.1) is 0 Å². The lowest BCUT2D eigenvalue weighted by Crippen LogP contribution is -2.35. The number of carboxylic acids is 2. The third-order valence-electron chi connectivity index (χ3n) is 3.37. The van der Waals surface area contributed by atoms with Gasteiger partial charge in [0.1, 0.15) is 11.1 Å². The Morgan fingerprint density at radius 1 is 1.38 bits per heavy atom. The molecule has 0 aliphatic carbocycles. The van der Waals surface area contributed by atoms with Crippen molar-refractivity contribution in [3.8, 4) is 5.88 Å². The molecule has 1 atom stereocenters. The molecule has 1 aromatic heterocycles. The van der Waals surface area contributed by atoms with Crippen molar-refractivity contribution in [3.05, 3.63) is 36.0 Å². The summed E-state index contributed by atoms with van der Waals surface area (Å²) in [5, 5.41) is 15.6. The number of hydrogen-bond acceptors (Lipinski definition) is 6. The Morgan fingerprint density at radius 3 is 2.54 bits per heavy atom. The van der Waals surface area contributed by atoms with Gasteiger partial charge in [-0.15, -0.1) is 0 Å². The quantitative estimate of drug-likeness (QED) is 0.573. The highest BCUT2D eigenvalue weighted by molar-refractivity contribution is 7.80. The second kappa shape index (κ2) is 10.5. The number of hydrogen-bond donors (Lipinski definition) is 2. The number of aliphatic carboxylic acids is 2. The summed E-state index contributed by atoms with van der Waals surface area (Å²) >= 11 is 5.45. The predicted molar refractivity (Wildman–Crippen MR) is 101 cm³/mol. The average Bonchev–Trinajstić information content (AvgIpc) is 2.69. The maximum absolute atomic E-state index is 9.55. The van der Waals surface area contributed by atoms with E-state index in [1.807, 2.05) is 19.2 Å². The van der Waals surface area contributed by atoms with Crippen LogP contribution in [0.1, 0.15) is 12.0 Å². The number of likely N-dealkylation sites (N-methyl/N-ethyl adjacent to an activating group) is 1. The summed E-state index contributed by atoms with van der Waals surface area (Å²) in [7, 11) is 6.14. The summed E-state index contributed by atoms with van der Waals surface area (Å²) in [5.41, 5.74) is 0.919. The minimum absolute atomic E-state index is 0.131. The van der Waals surface area contributed by atoms with Gasteiger partial charge in [0.05, 0.1) is 12.1 Å². The van der Waals surface area contributed by atoms with Gasteiger partial charge in [-0.1, -0.05) is 12.2 Å². The lowest BCUT2D eigenvalue weighted by atomic mass is 10.2. The fourth-order valence-electron chi connectivity index (χ4n) is 2.13. The summed E-state index contributed by atoms with van der Waals surface area (Å²) < 4.78 is 5.98. The standard InChI is InChI=1S/C13H19N3OS.C4H4O4/c1-15(2)8-6-10-9-16(3)13(18)11-5-4-7-14-12(11)17-10;5-3(6)1-2-4(7)8/h4-5,7,10H,6,8-9H2,1-3H3;1-2H,(H,5,6)(H,7,8)/b;2-1+. The molecule has 0 saturated carbocycles. The Balaban J connectivity index is 0.000000359. The number of aromatic nitrogens is 1. The predicted octanol–water partition coefficient (Wildman–Crippen LogP) is 1.11. The van der Waals surface area contributed by atoms with Crippen molar-refractivity contribution < 1.29 is 24.5 Å².